The number of rotatable bonds is 7. The molecule has 1 N–H and O–H groups in total. The van der Waals surface area contributed by atoms with Gasteiger partial charge in [-0.2, -0.15) is 0 Å². The third kappa shape index (κ3) is 5.01. The average Bonchev–Trinajstić information content (AvgIpc) is 2.82. The molecule has 0 aliphatic carbocycles. The monoisotopic (exact) mass is 339 g/mol. The van der Waals surface area contributed by atoms with Gasteiger partial charge in [-0.3, -0.25) is 0 Å². The van der Waals surface area contributed by atoms with Gasteiger partial charge in [0.25, 0.3) is 0 Å². The largest absolute Gasteiger partial charge is 0.317 e. The Balaban J connectivity index is 1.87. The summed E-state index contributed by atoms with van der Waals surface area (Å²) in [5, 5.41) is 14.1. The third-order valence-electron chi connectivity index (χ3n) is 2.75. The van der Waals surface area contributed by atoms with Crippen LogP contribution in [-0.2, 0) is 12.8 Å². The highest BCUT2D eigenvalue weighted by Crippen LogP contribution is 2.18. The molecule has 0 amide bonds. The maximum absolute atomic E-state index is 4.27. The zero-order valence-corrected chi connectivity index (χ0v) is 13.4. The molecule has 0 fully saturated rings. The van der Waals surface area contributed by atoms with Crippen LogP contribution < -0.4 is 5.32 Å². The van der Waals surface area contributed by atoms with Crippen LogP contribution in [0, 0.1) is 0 Å². The topological polar surface area (TPSA) is 37.8 Å². The van der Waals surface area contributed by atoms with Crippen LogP contribution in [0.3, 0.4) is 0 Å². The first-order chi connectivity index (χ1) is 9.28. The number of hydrogen-bond acceptors (Lipinski definition) is 4. The van der Waals surface area contributed by atoms with Gasteiger partial charge in [0.2, 0.25) is 0 Å². The molecule has 2 rings (SSSR count). The summed E-state index contributed by atoms with van der Waals surface area (Å²) in [5.41, 5.74) is 1.27. The molecule has 102 valence electrons. The van der Waals surface area contributed by atoms with Crippen LogP contribution >= 0.6 is 27.3 Å². The summed E-state index contributed by atoms with van der Waals surface area (Å²) in [6.07, 6.45) is 3.01. The third-order valence-corrected chi connectivity index (χ3v) is 4.22. The Labute approximate surface area is 126 Å². The van der Waals surface area contributed by atoms with E-state index in [1.54, 1.807) is 11.3 Å². The van der Waals surface area contributed by atoms with E-state index in [0.29, 0.717) is 0 Å². The summed E-state index contributed by atoms with van der Waals surface area (Å²) in [4.78, 5) is 0. The van der Waals surface area contributed by atoms with Crippen LogP contribution in [0.2, 0.25) is 0 Å². The fraction of sp³-hybridized carbons (Fsp3) is 0.429. The number of nitrogens with zero attached hydrogens (tertiary/aromatic N) is 2. The minimum atomic E-state index is 0.865. The summed E-state index contributed by atoms with van der Waals surface area (Å²) < 4.78 is 1.11. The van der Waals surface area contributed by atoms with E-state index in [9.17, 15) is 0 Å². The van der Waals surface area contributed by atoms with E-state index in [1.807, 2.05) is 6.07 Å². The van der Waals surface area contributed by atoms with Crippen molar-refractivity contribution in [3.8, 4) is 0 Å². The predicted molar refractivity (Wildman–Crippen MR) is 83.7 cm³/mol. The first-order valence-electron chi connectivity index (χ1n) is 6.54. The normalized spacial score (nSPS) is 10.8. The van der Waals surface area contributed by atoms with Crippen LogP contribution in [0.1, 0.15) is 28.9 Å². The quantitative estimate of drug-likeness (QED) is 0.785. The van der Waals surface area contributed by atoms with Crippen molar-refractivity contribution in [2.24, 2.45) is 0 Å². The molecule has 0 aliphatic heterocycles. The second-order valence-corrected chi connectivity index (χ2v) is 6.42. The van der Waals surface area contributed by atoms with Gasteiger partial charge >= 0.3 is 0 Å². The van der Waals surface area contributed by atoms with E-state index in [4.69, 9.17) is 0 Å². The Morgan fingerprint density at radius 1 is 1.26 bits per heavy atom. The zero-order valence-electron chi connectivity index (χ0n) is 11.0. The predicted octanol–water partition coefficient (Wildman–Crippen LogP) is 3.43. The van der Waals surface area contributed by atoms with Crippen LogP contribution in [0.5, 0.6) is 0 Å². The Morgan fingerprint density at radius 2 is 2.11 bits per heavy atom. The highest BCUT2D eigenvalue weighted by atomic mass is 79.9. The number of aryl methyl sites for hydroxylation is 1. The molecule has 5 heteroatoms. The van der Waals surface area contributed by atoms with Crippen molar-refractivity contribution in [1.29, 1.82) is 0 Å². The molecule has 0 bridgehead atoms. The van der Waals surface area contributed by atoms with Crippen molar-refractivity contribution in [2.75, 3.05) is 13.1 Å². The van der Waals surface area contributed by atoms with Crippen LogP contribution in [0.25, 0.3) is 0 Å². The lowest BCUT2D eigenvalue weighted by Gasteiger charge is -1.98. The molecule has 1 aromatic heterocycles. The van der Waals surface area contributed by atoms with Crippen LogP contribution in [0.4, 0.5) is 0 Å². The van der Waals surface area contributed by atoms with E-state index < -0.39 is 0 Å². The van der Waals surface area contributed by atoms with Gasteiger partial charge in [0.1, 0.15) is 10.0 Å². The molecule has 19 heavy (non-hydrogen) atoms. The molecular weight excluding hydrogens is 322 g/mol. The van der Waals surface area contributed by atoms with Crippen molar-refractivity contribution in [1.82, 2.24) is 15.5 Å². The minimum absolute atomic E-state index is 0.865. The average molecular weight is 340 g/mol. The van der Waals surface area contributed by atoms with Crippen LogP contribution in [-0.4, -0.2) is 23.3 Å². The summed E-state index contributed by atoms with van der Waals surface area (Å²) in [5.74, 6) is 0. The second-order valence-electron chi connectivity index (χ2n) is 4.35. The van der Waals surface area contributed by atoms with E-state index in [1.165, 1.54) is 5.56 Å². The van der Waals surface area contributed by atoms with Crippen molar-refractivity contribution < 1.29 is 0 Å². The van der Waals surface area contributed by atoms with Gasteiger partial charge in [-0.05, 0) is 37.2 Å². The van der Waals surface area contributed by atoms with Gasteiger partial charge < -0.3 is 5.32 Å². The van der Waals surface area contributed by atoms with Crippen molar-refractivity contribution in [3.63, 3.8) is 0 Å². The van der Waals surface area contributed by atoms with E-state index in [0.717, 1.165) is 46.8 Å². The zero-order chi connectivity index (χ0) is 13.5. The molecule has 0 aliphatic rings. The Morgan fingerprint density at radius 3 is 2.89 bits per heavy atom. The molecule has 2 aromatic rings. The highest BCUT2D eigenvalue weighted by Gasteiger charge is 2.05. The van der Waals surface area contributed by atoms with Gasteiger partial charge in [0, 0.05) is 17.3 Å². The molecule has 0 spiro atoms. The fourth-order valence-electron chi connectivity index (χ4n) is 1.82. The molecule has 3 nitrogen and oxygen atoms in total. The molecule has 0 saturated carbocycles. The lowest BCUT2D eigenvalue weighted by atomic mass is 10.2. The maximum Gasteiger partial charge on any atom is 0.121 e. The summed E-state index contributed by atoms with van der Waals surface area (Å²) in [6, 6.07) is 8.34. The van der Waals surface area contributed by atoms with Crippen molar-refractivity contribution in [2.45, 2.75) is 26.2 Å². The molecular formula is C14H18BrN3S. The Hall–Kier alpha value is -0.780. The van der Waals surface area contributed by atoms with E-state index >= 15 is 0 Å². The Kier molecular flexibility index (Phi) is 5.94. The molecule has 1 aromatic carbocycles. The summed E-state index contributed by atoms with van der Waals surface area (Å²) in [7, 11) is 0. The highest BCUT2D eigenvalue weighted by molar-refractivity contribution is 9.10. The Bertz CT molecular complexity index is 513. The number of halogens is 1. The van der Waals surface area contributed by atoms with Gasteiger partial charge in [0.05, 0.1) is 0 Å². The van der Waals surface area contributed by atoms with Gasteiger partial charge in [-0.15, -0.1) is 21.5 Å². The molecule has 0 atom stereocenters. The maximum atomic E-state index is 4.27. The molecule has 0 radical (unpaired) electrons. The standard InChI is InChI=1S/C14H18BrN3S/c1-2-16-8-4-7-13-17-18-14(19-13)10-11-5-3-6-12(15)9-11/h3,5-6,9,16H,2,4,7-8,10H2,1H3. The van der Waals surface area contributed by atoms with Crippen molar-refractivity contribution >= 4 is 27.3 Å². The summed E-state index contributed by atoms with van der Waals surface area (Å²) >= 11 is 5.22. The van der Waals surface area contributed by atoms with Gasteiger partial charge in [0.15, 0.2) is 0 Å². The van der Waals surface area contributed by atoms with E-state index in [2.05, 4.69) is 56.6 Å². The number of hydrogen-bond donors (Lipinski definition) is 1. The van der Waals surface area contributed by atoms with Crippen molar-refractivity contribution in [3.05, 3.63) is 44.3 Å². The van der Waals surface area contributed by atoms with E-state index in [-0.39, 0.29) is 0 Å². The van der Waals surface area contributed by atoms with Gasteiger partial charge in [-0.1, -0.05) is 35.0 Å². The lowest BCUT2D eigenvalue weighted by molar-refractivity contribution is 0.669. The first-order valence-corrected chi connectivity index (χ1v) is 8.15. The smallest absolute Gasteiger partial charge is 0.121 e. The number of aromatic nitrogens is 2. The number of nitrogens with one attached hydrogen (secondary N) is 1. The number of benzene rings is 1. The first kappa shape index (κ1) is 14.6. The lowest BCUT2D eigenvalue weighted by Crippen LogP contribution is -2.14. The van der Waals surface area contributed by atoms with Gasteiger partial charge in [-0.25, -0.2) is 0 Å². The second kappa shape index (κ2) is 7.72. The molecule has 0 unspecified atom stereocenters. The molecule has 1 heterocycles. The minimum Gasteiger partial charge on any atom is -0.317 e. The SMILES string of the molecule is CCNCCCc1nnc(Cc2cccc(Br)c2)s1. The fourth-order valence-corrected chi connectivity index (χ4v) is 3.19. The molecule has 0 saturated heterocycles. The van der Waals surface area contributed by atoms with Crippen LogP contribution in [0.15, 0.2) is 28.7 Å². The summed E-state index contributed by atoms with van der Waals surface area (Å²) in [6.45, 7) is 4.21.